The molecule has 0 aliphatic carbocycles. The number of aliphatic hydroxyl groups excluding tert-OH is 1. The van der Waals surface area contributed by atoms with Crippen LogP contribution in [0.2, 0.25) is 0 Å². The molecule has 42 heavy (non-hydrogen) atoms. The lowest BCUT2D eigenvalue weighted by Gasteiger charge is -2.38. The van der Waals surface area contributed by atoms with Gasteiger partial charge in [-0.25, -0.2) is 26.5 Å². The average molecular weight is 626 g/mol. The predicted molar refractivity (Wildman–Crippen MR) is 155 cm³/mol. The Balaban J connectivity index is 1.09. The van der Waals surface area contributed by atoms with Crippen LogP contribution in [0.5, 0.6) is 11.6 Å². The van der Waals surface area contributed by atoms with Crippen molar-refractivity contribution < 1.29 is 36.2 Å². The molecule has 1 aromatic heterocycles. The average Bonchev–Trinajstić information content (AvgIpc) is 3.37. The number of ether oxygens (including phenoxy) is 3. The molecule has 5 rings (SSSR count). The quantitative estimate of drug-likeness (QED) is 0.338. The van der Waals surface area contributed by atoms with Gasteiger partial charge in [0, 0.05) is 38.8 Å². The maximum Gasteiger partial charge on any atom is 0.244 e. The van der Waals surface area contributed by atoms with Crippen LogP contribution in [-0.4, -0.2) is 109 Å². The van der Waals surface area contributed by atoms with Crippen LogP contribution in [0, 0.1) is 0 Å². The number of nitrogens with one attached hydrogen (secondary N) is 2. The molecule has 0 radical (unpaired) electrons. The highest BCUT2D eigenvalue weighted by Crippen LogP contribution is 2.38. The third kappa shape index (κ3) is 6.67. The SMILES string of the molecule is CNS(=O)(=O)c1cccc(OCC(O)CN[C@H]2COC3(CCN(S(=O)(=O)c4cnc5c(c4)N(C)C[C@H](C)O5)CC3)C2)c1. The Morgan fingerprint density at radius 2 is 1.95 bits per heavy atom. The van der Waals surface area contributed by atoms with Crippen LogP contribution in [0.4, 0.5) is 5.69 Å². The summed E-state index contributed by atoms with van der Waals surface area (Å²) in [5.41, 5.74) is 0.251. The molecule has 2 fully saturated rings. The van der Waals surface area contributed by atoms with Gasteiger partial charge >= 0.3 is 0 Å². The number of anilines is 1. The Bertz CT molecular complexity index is 1480. The minimum absolute atomic E-state index is 0.00896. The second-order valence-electron chi connectivity index (χ2n) is 11.2. The van der Waals surface area contributed by atoms with Crippen molar-refractivity contribution in [2.45, 2.75) is 59.8 Å². The first-order chi connectivity index (χ1) is 19.9. The molecule has 1 unspecified atom stereocenters. The zero-order valence-electron chi connectivity index (χ0n) is 24.0. The summed E-state index contributed by atoms with van der Waals surface area (Å²) in [6.45, 7) is 3.99. The molecule has 232 valence electrons. The van der Waals surface area contributed by atoms with Crippen molar-refractivity contribution in [3.63, 3.8) is 0 Å². The van der Waals surface area contributed by atoms with Crippen LogP contribution in [0.25, 0.3) is 0 Å². The van der Waals surface area contributed by atoms with Crippen molar-refractivity contribution in [3.8, 4) is 11.6 Å². The molecule has 3 N–H and O–H groups in total. The van der Waals surface area contributed by atoms with Crippen molar-refractivity contribution in [1.29, 1.82) is 0 Å². The molecule has 3 aliphatic rings. The van der Waals surface area contributed by atoms with Crippen molar-refractivity contribution in [2.75, 3.05) is 58.4 Å². The van der Waals surface area contributed by atoms with E-state index in [9.17, 15) is 21.9 Å². The van der Waals surface area contributed by atoms with Gasteiger partial charge in [0.05, 0.1) is 29.8 Å². The van der Waals surface area contributed by atoms with Gasteiger partial charge in [-0.05, 0) is 51.4 Å². The summed E-state index contributed by atoms with van der Waals surface area (Å²) < 4.78 is 72.1. The summed E-state index contributed by atoms with van der Waals surface area (Å²) in [5.74, 6) is 0.785. The first-order valence-electron chi connectivity index (χ1n) is 14.0. The number of hydrogen-bond donors (Lipinski definition) is 3. The second kappa shape index (κ2) is 12.2. The van der Waals surface area contributed by atoms with E-state index in [0.717, 1.165) is 0 Å². The van der Waals surface area contributed by atoms with Crippen LogP contribution < -0.4 is 24.4 Å². The largest absolute Gasteiger partial charge is 0.491 e. The van der Waals surface area contributed by atoms with Gasteiger partial charge in [-0.2, -0.15) is 4.31 Å². The standard InChI is InChI=1S/C27H39N5O8S2/c1-19-16-31(3)25-12-24(15-30-26(25)40-19)42(36,37)32-9-7-27(8-10-32)13-20(17-39-27)29-14-21(33)18-38-22-5-4-6-23(11-22)41(34,35)28-2/h4-6,11-12,15,19-21,28-29,33H,7-10,13-14,16-18H2,1-3H3/t19-,20+,21?/m0/s1. The minimum Gasteiger partial charge on any atom is -0.491 e. The Kier molecular flexibility index (Phi) is 9.00. The van der Waals surface area contributed by atoms with Gasteiger partial charge in [0.1, 0.15) is 35.1 Å². The number of pyridine rings is 1. The monoisotopic (exact) mass is 625 g/mol. The second-order valence-corrected chi connectivity index (χ2v) is 15.0. The lowest BCUT2D eigenvalue weighted by atomic mass is 9.88. The number of nitrogens with zero attached hydrogens (tertiary/aromatic N) is 3. The third-order valence-corrected chi connectivity index (χ3v) is 11.3. The normalized spacial score (nSPS) is 23.4. The predicted octanol–water partition coefficient (Wildman–Crippen LogP) is 0.549. The highest BCUT2D eigenvalue weighted by atomic mass is 32.2. The Hall–Kier alpha value is -2.53. The summed E-state index contributed by atoms with van der Waals surface area (Å²) in [6, 6.07) is 7.72. The molecule has 0 bridgehead atoms. The number of benzene rings is 1. The van der Waals surface area contributed by atoms with E-state index in [-0.39, 0.29) is 35.1 Å². The molecular formula is C27H39N5O8S2. The maximum absolute atomic E-state index is 13.4. The van der Waals surface area contributed by atoms with E-state index in [0.29, 0.717) is 62.8 Å². The van der Waals surface area contributed by atoms with E-state index in [2.05, 4.69) is 15.0 Å². The van der Waals surface area contributed by atoms with Gasteiger partial charge in [-0.1, -0.05) is 6.07 Å². The number of likely N-dealkylation sites (N-methyl/N-ethyl adjacent to an activating group) is 1. The van der Waals surface area contributed by atoms with Gasteiger partial charge < -0.3 is 29.5 Å². The van der Waals surface area contributed by atoms with Crippen molar-refractivity contribution >= 4 is 25.7 Å². The molecule has 3 aliphatic heterocycles. The smallest absolute Gasteiger partial charge is 0.244 e. The number of aliphatic hydroxyl groups is 1. The van der Waals surface area contributed by atoms with Gasteiger partial charge in [0.2, 0.25) is 25.9 Å². The highest BCUT2D eigenvalue weighted by molar-refractivity contribution is 7.89. The highest BCUT2D eigenvalue weighted by Gasteiger charge is 2.45. The molecule has 2 aromatic rings. The van der Waals surface area contributed by atoms with E-state index in [4.69, 9.17) is 14.2 Å². The number of sulfonamides is 2. The Morgan fingerprint density at radius 3 is 2.69 bits per heavy atom. The van der Waals surface area contributed by atoms with Crippen LogP contribution in [0.1, 0.15) is 26.2 Å². The van der Waals surface area contributed by atoms with E-state index < -0.39 is 31.8 Å². The molecule has 1 spiro atoms. The molecule has 15 heteroatoms. The summed E-state index contributed by atoms with van der Waals surface area (Å²) in [6.07, 6.45) is 2.37. The van der Waals surface area contributed by atoms with Crippen molar-refractivity contribution in [1.82, 2.24) is 19.3 Å². The van der Waals surface area contributed by atoms with Gasteiger partial charge in [0.25, 0.3) is 0 Å². The van der Waals surface area contributed by atoms with Crippen LogP contribution in [0.15, 0.2) is 46.3 Å². The Labute approximate surface area is 247 Å². The van der Waals surface area contributed by atoms with Crippen LogP contribution in [0.3, 0.4) is 0 Å². The van der Waals surface area contributed by atoms with E-state index >= 15 is 0 Å². The zero-order valence-corrected chi connectivity index (χ0v) is 25.7. The molecule has 0 amide bonds. The lowest BCUT2D eigenvalue weighted by Crippen LogP contribution is -2.47. The molecule has 4 heterocycles. The van der Waals surface area contributed by atoms with E-state index in [1.54, 1.807) is 18.2 Å². The number of fused-ring (bicyclic) bond motifs is 1. The first kappa shape index (κ1) is 30.9. The zero-order chi connectivity index (χ0) is 30.1. The fraction of sp³-hybridized carbons (Fsp3) is 0.593. The molecule has 13 nitrogen and oxygen atoms in total. The molecule has 2 saturated heterocycles. The maximum atomic E-state index is 13.4. The number of piperidine rings is 1. The minimum atomic E-state index is -3.72. The van der Waals surface area contributed by atoms with Gasteiger partial charge in [-0.3, -0.25) is 0 Å². The van der Waals surface area contributed by atoms with E-state index in [1.807, 2.05) is 18.9 Å². The topological polar surface area (TPSA) is 160 Å². The Morgan fingerprint density at radius 1 is 1.19 bits per heavy atom. The number of rotatable bonds is 10. The summed E-state index contributed by atoms with van der Waals surface area (Å²) in [4.78, 5) is 6.48. The summed E-state index contributed by atoms with van der Waals surface area (Å²) >= 11 is 0. The molecular weight excluding hydrogens is 586 g/mol. The summed E-state index contributed by atoms with van der Waals surface area (Å²) in [5, 5.41) is 13.8. The fourth-order valence-electron chi connectivity index (χ4n) is 5.65. The van der Waals surface area contributed by atoms with Gasteiger partial charge in [0.15, 0.2) is 0 Å². The molecule has 3 atom stereocenters. The first-order valence-corrected chi connectivity index (χ1v) is 16.9. The number of hydrogen-bond acceptors (Lipinski definition) is 11. The molecule has 0 saturated carbocycles. The summed E-state index contributed by atoms with van der Waals surface area (Å²) in [7, 11) is -4.08. The number of aromatic nitrogens is 1. The van der Waals surface area contributed by atoms with Crippen molar-refractivity contribution in [2.24, 2.45) is 0 Å². The third-order valence-electron chi connectivity index (χ3n) is 8.01. The van der Waals surface area contributed by atoms with Crippen molar-refractivity contribution in [3.05, 3.63) is 36.5 Å². The van der Waals surface area contributed by atoms with Gasteiger partial charge in [-0.15, -0.1) is 0 Å². The van der Waals surface area contributed by atoms with Crippen LogP contribution >= 0.6 is 0 Å². The fourth-order valence-corrected chi connectivity index (χ4v) is 7.82. The van der Waals surface area contributed by atoms with E-state index in [1.165, 1.54) is 29.7 Å². The van der Waals surface area contributed by atoms with Crippen LogP contribution in [-0.2, 0) is 24.8 Å². The molecule has 1 aromatic carbocycles. The lowest BCUT2D eigenvalue weighted by molar-refractivity contribution is -0.0312.